The first-order valence-electron chi connectivity index (χ1n) is 6.58. The number of nitrogens with one attached hydrogen (secondary N) is 1. The van der Waals surface area contributed by atoms with Gasteiger partial charge in [-0.05, 0) is 50.4 Å². The highest BCUT2D eigenvalue weighted by molar-refractivity contribution is 7.89. The standard InChI is InChI=1S/C12H22ClNO2S/c1-9(14-17(15,16)6-2-5-13)12-8-10-3-4-11(12)7-10/h9-12,14H,2-8H2,1H3. The van der Waals surface area contributed by atoms with Gasteiger partial charge in [0.1, 0.15) is 0 Å². The van der Waals surface area contributed by atoms with Crippen LogP contribution < -0.4 is 4.72 Å². The van der Waals surface area contributed by atoms with Gasteiger partial charge < -0.3 is 0 Å². The molecule has 2 rings (SSSR count). The van der Waals surface area contributed by atoms with Crippen LogP contribution >= 0.6 is 11.6 Å². The Labute approximate surface area is 109 Å². The minimum atomic E-state index is -3.13. The van der Waals surface area contributed by atoms with Crippen molar-refractivity contribution in [1.29, 1.82) is 0 Å². The van der Waals surface area contributed by atoms with Crippen molar-refractivity contribution in [2.24, 2.45) is 17.8 Å². The van der Waals surface area contributed by atoms with E-state index in [2.05, 4.69) is 4.72 Å². The summed E-state index contributed by atoms with van der Waals surface area (Å²) >= 11 is 5.53. The van der Waals surface area contributed by atoms with Gasteiger partial charge in [-0.25, -0.2) is 13.1 Å². The molecule has 0 spiro atoms. The Morgan fingerprint density at radius 1 is 1.35 bits per heavy atom. The van der Waals surface area contributed by atoms with E-state index in [1.807, 2.05) is 6.92 Å². The number of halogens is 1. The molecule has 4 atom stereocenters. The third kappa shape index (κ3) is 3.36. The summed E-state index contributed by atoms with van der Waals surface area (Å²) in [6.45, 7) is 2.02. The van der Waals surface area contributed by atoms with E-state index in [1.54, 1.807) is 0 Å². The molecule has 0 aliphatic heterocycles. The molecule has 0 aromatic heterocycles. The number of rotatable bonds is 6. The molecule has 5 heteroatoms. The van der Waals surface area contributed by atoms with Gasteiger partial charge in [0.2, 0.25) is 10.0 Å². The van der Waals surface area contributed by atoms with E-state index < -0.39 is 10.0 Å². The molecule has 2 aliphatic rings. The number of sulfonamides is 1. The molecule has 2 bridgehead atoms. The number of fused-ring (bicyclic) bond motifs is 2. The summed E-state index contributed by atoms with van der Waals surface area (Å²) in [5, 5.41) is 0. The van der Waals surface area contributed by atoms with Gasteiger partial charge >= 0.3 is 0 Å². The van der Waals surface area contributed by atoms with Crippen molar-refractivity contribution in [3.63, 3.8) is 0 Å². The highest BCUT2D eigenvalue weighted by atomic mass is 35.5. The average Bonchev–Trinajstić information content (AvgIpc) is 2.87. The van der Waals surface area contributed by atoms with Gasteiger partial charge in [0.25, 0.3) is 0 Å². The fourth-order valence-electron chi connectivity index (χ4n) is 3.58. The molecular formula is C12H22ClNO2S. The van der Waals surface area contributed by atoms with E-state index in [0.717, 1.165) is 11.8 Å². The summed E-state index contributed by atoms with van der Waals surface area (Å²) in [7, 11) is -3.13. The van der Waals surface area contributed by atoms with Gasteiger partial charge in [-0.15, -0.1) is 11.6 Å². The van der Waals surface area contributed by atoms with Crippen LogP contribution in [0.15, 0.2) is 0 Å². The molecule has 1 N–H and O–H groups in total. The van der Waals surface area contributed by atoms with Crippen molar-refractivity contribution in [1.82, 2.24) is 4.72 Å². The maximum Gasteiger partial charge on any atom is 0.211 e. The Bertz CT molecular complexity index is 358. The Morgan fingerprint density at radius 3 is 2.65 bits per heavy atom. The molecule has 0 amide bonds. The van der Waals surface area contributed by atoms with Crippen LogP contribution in [0.5, 0.6) is 0 Å². The monoisotopic (exact) mass is 279 g/mol. The number of hydrogen-bond donors (Lipinski definition) is 1. The van der Waals surface area contributed by atoms with Crippen molar-refractivity contribution in [2.75, 3.05) is 11.6 Å². The van der Waals surface area contributed by atoms with Crippen LogP contribution in [-0.4, -0.2) is 26.1 Å². The Kier molecular flexibility index (Phi) is 4.37. The van der Waals surface area contributed by atoms with Gasteiger partial charge in [-0.2, -0.15) is 0 Å². The first-order chi connectivity index (χ1) is 8.02. The third-order valence-corrected chi connectivity index (χ3v) is 6.17. The minimum absolute atomic E-state index is 0.0885. The lowest BCUT2D eigenvalue weighted by Gasteiger charge is -2.28. The van der Waals surface area contributed by atoms with Crippen LogP contribution in [0.25, 0.3) is 0 Å². The molecule has 0 radical (unpaired) electrons. The molecular weight excluding hydrogens is 258 g/mol. The van der Waals surface area contributed by atoms with Crippen LogP contribution in [-0.2, 0) is 10.0 Å². The summed E-state index contributed by atoms with van der Waals surface area (Å²) in [4.78, 5) is 0. The fraction of sp³-hybridized carbons (Fsp3) is 1.00. The zero-order valence-corrected chi connectivity index (χ0v) is 11.9. The third-order valence-electron chi connectivity index (χ3n) is 4.35. The second-order valence-electron chi connectivity index (χ2n) is 5.61. The molecule has 2 saturated carbocycles. The fourth-order valence-corrected chi connectivity index (χ4v) is 5.26. The van der Waals surface area contributed by atoms with Crippen LogP contribution in [0.2, 0.25) is 0 Å². The van der Waals surface area contributed by atoms with Crippen molar-refractivity contribution < 1.29 is 8.42 Å². The lowest BCUT2D eigenvalue weighted by molar-refractivity contribution is 0.280. The summed E-state index contributed by atoms with van der Waals surface area (Å²) in [5.41, 5.74) is 0. The molecule has 2 fully saturated rings. The highest BCUT2D eigenvalue weighted by Gasteiger charge is 2.42. The maximum absolute atomic E-state index is 11.8. The SMILES string of the molecule is CC(NS(=O)(=O)CCCCl)C1CC2CCC1C2. The maximum atomic E-state index is 11.8. The smallest absolute Gasteiger partial charge is 0.211 e. The zero-order valence-electron chi connectivity index (χ0n) is 10.4. The van der Waals surface area contributed by atoms with E-state index in [4.69, 9.17) is 11.6 Å². The Hall–Kier alpha value is 0.200. The minimum Gasteiger partial charge on any atom is -0.212 e. The Balaban J connectivity index is 1.86. The predicted octanol–water partition coefficient (Wildman–Crippen LogP) is 2.36. The molecule has 0 heterocycles. The molecule has 0 aromatic rings. The second-order valence-corrected chi connectivity index (χ2v) is 7.86. The lowest BCUT2D eigenvalue weighted by Crippen LogP contribution is -2.41. The first-order valence-corrected chi connectivity index (χ1v) is 8.76. The van der Waals surface area contributed by atoms with Crippen LogP contribution in [0.3, 0.4) is 0 Å². The molecule has 0 saturated heterocycles. The largest absolute Gasteiger partial charge is 0.212 e. The van der Waals surface area contributed by atoms with Crippen molar-refractivity contribution >= 4 is 21.6 Å². The van der Waals surface area contributed by atoms with E-state index in [9.17, 15) is 8.42 Å². The summed E-state index contributed by atoms with van der Waals surface area (Å²) in [6, 6.07) is 0.0885. The molecule has 100 valence electrons. The number of alkyl halides is 1. The van der Waals surface area contributed by atoms with Gasteiger partial charge in [-0.3, -0.25) is 0 Å². The molecule has 4 unspecified atom stereocenters. The lowest BCUT2D eigenvalue weighted by atomic mass is 9.84. The zero-order chi connectivity index (χ0) is 12.5. The van der Waals surface area contributed by atoms with Crippen molar-refractivity contribution in [2.45, 2.75) is 45.1 Å². The molecule has 0 aromatic carbocycles. The van der Waals surface area contributed by atoms with E-state index in [1.165, 1.54) is 25.7 Å². The second kappa shape index (κ2) is 5.45. The molecule has 3 nitrogen and oxygen atoms in total. The summed E-state index contributed by atoms with van der Waals surface area (Å²) in [6.07, 6.45) is 5.71. The van der Waals surface area contributed by atoms with Crippen molar-refractivity contribution in [3.05, 3.63) is 0 Å². The number of hydrogen-bond acceptors (Lipinski definition) is 2. The van der Waals surface area contributed by atoms with Gasteiger partial charge in [0.15, 0.2) is 0 Å². The van der Waals surface area contributed by atoms with E-state index in [-0.39, 0.29) is 11.8 Å². The van der Waals surface area contributed by atoms with Crippen LogP contribution in [0.1, 0.15) is 39.0 Å². The first kappa shape index (κ1) is 13.6. The van der Waals surface area contributed by atoms with Gasteiger partial charge in [0, 0.05) is 11.9 Å². The summed E-state index contributed by atoms with van der Waals surface area (Å²) in [5.74, 6) is 2.73. The predicted molar refractivity (Wildman–Crippen MR) is 70.7 cm³/mol. The summed E-state index contributed by atoms with van der Waals surface area (Å²) < 4.78 is 26.4. The van der Waals surface area contributed by atoms with E-state index in [0.29, 0.717) is 18.2 Å². The molecule has 2 aliphatic carbocycles. The van der Waals surface area contributed by atoms with E-state index >= 15 is 0 Å². The van der Waals surface area contributed by atoms with Gasteiger partial charge in [-0.1, -0.05) is 6.42 Å². The van der Waals surface area contributed by atoms with Crippen molar-refractivity contribution in [3.8, 4) is 0 Å². The quantitative estimate of drug-likeness (QED) is 0.759. The topological polar surface area (TPSA) is 46.2 Å². The Morgan fingerprint density at radius 2 is 2.12 bits per heavy atom. The van der Waals surface area contributed by atoms with Crippen LogP contribution in [0.4, 0.5) is 0 Å². The highest BCUT2D eigenvalue weighted by Crippen LogP contribution is 2.49. The average molecular weight is 280 g/mol. The van der Waals surface area contributed by atoms with Gasteiger partial charge in [0.05, 0.1) is 5.75 Å². The normalized spacial score (nSPS) is 34.1. The van der Waals surface area contributed by atoms with Crippen LogP contribution in [0, 0.1) is 17.8 Å². The molecule has 17 heavy (non-hydrogen) atoms.